The van der Waals surface area contributed by atoms with E-state index in [0.717, 1.165) is 0 Å². The van der Waals surface area contributed by atoms with Crippen LogP contribution in [0.5, 0.6) is 0 Å². The van der Waals surface area contributed by atoms with Gasteiger partial charge in [0.05, 0.1) is 0 Å². The van der Waals surface area contributed by atoms with Gasteiger partial charge in [-0.1, -0.05) is 0 Å². The first-order chi connectivity index (χ1) is 1.00. The molecule has 5 heteroatoms. The quantitative estimate of drug-likeness (QED) is 0.373. The van der Waals surface area contributed by atoms with Gasteiger partial charge in [-0.15, -0.1) is 0 Å². The summed E-state index contributed by atoms with van der Waals surface area (Å²) in [4.78, 5) is 0. The normalized spacial score (nSPS) is 1.20. The van der Waals surface area contributed by atoms with Crippen LogP contribution in [0.3, 0.4) is 0 Å². The molecule has 0 unspecified atom stereocenters. The van der Waals surface area contributed by atoms with Crippen molar-refractivity contribution >= 4 is 37.7 Å². The van der Waals surface area contributed by atoms with Crippen molar-refractivity contribution in [2.24, 2.45) is 0 Å². The molecule has 0 rings (SSSR count). The Hall–Kier alpha value is 1.47. The summed E-state index contributed by atoms with van der Waals surface area (Å²) < 4.78 is 7.88. The molecule has 0 aromatic carbocycles. The Morgan fingerprint density at radius 2 is 1.20 bits per heavy atom. The molecule has 0 aliphatic heterocycles. The molecule has 0 amide bonds. The molecule has 0 radical (unpaired) electrons. The van der Waals surface area contributed by atoms with E-state index in [-0.39, 0.29) is 51.5 Å². The summed E-state index contributed by atoms with van der Waals surface area (Å²) in [5, 5.41) is 0. The van der Waals surface area contributed by atoms with Crippen molar-refractivity contribution in [2.75, 3.05) is 0 Å². The predicted molar refractivity (Wildman–Crippen MR) is 15.9 cm³/mol. The van der Waals surface area contributed by atoms with E-state index < -0.39 is 0 Å². The van der Waals surface area contributed by atoms with Crippen molar-refractivity contribution in [3.8, 4) is 0 Å². The van der Waals surface area contributed by atoms with Crippen LogP contribution in [0, 0.1) is 0 Å². The van der Waals surface area contributed by atoms with Crippen LogP contribution < -0.4 is 0 Å². The standard InChI is InChI=1S/Ca.Ni.2H2O.O.2H/h;;2*1H2;;;/q+2;;;;;2*-1. The van der Waals surface area contributed by atoms with Crippen LogP contribution in [0.15, 0.2) is 0 Å². The molecule has 36 valence electrons. The average Bonchev–Trinajstić information content (AvgIpc) is 1.00. The molecule has 5 heavy (non-hydrogen) atoms. The van der Waals surface area contributed by atoms with Gasteiger partial charge in [0, 0.05) is 0 Å². The maximum atomic E-state index is 7.88. The molecular weight excluding hydrogens is 147 g/mol. The molecule has 0 aliphatic carbocycles. The number of hydrogen-bond donors (Lipinski definition) is 0. The predicted octanol–water partition coefficient (Wildman–Crippen LogP) is -1.93. The molecule has 0 aromatic heterocycles. The number of rotatable bonds is 0. The van der Waals surface area contributed by atoms with Gasteiger partial charge in [0.15, 0.2) is 0 Å². The van der Waals surface area contributed by atoms with Crippen LogP contribution >= 0.6 is 0 Å². The van der Waals surface area contributed by atoms with Gasteiger partial charge in [-0.05, 0) is 0 Å². The van der Waals surface area contributed by atoms with Crippen LogP contribution in [-0.4, -0.2) is 48.7 Å². The molecule has 0 bridgehead atoms. The average molecular weight is 153 g/mol. The van der Waals surface area contributed by atoms with E-state index >= 15 is 0 Å². The van der Waals surface area contributed by atoms with E-state index in [4.69, 9.17) is 3.90 Å². The molecule has 0 spiro atoms. The zero-order chi connectivity index (χ0) is 2.00. The van der Waals surface area contributed by atoms with Crippen LogP contribution in [0.2, 0.25) is 0 Å². The fraction of sp³-hybridized carbons (Fsp3) is 0. The summed E-state index contributed by atoms with van der Waals surface area (Å²) in [5.74, 6) is 0. The van der Waals surface area contributed by atoms with Gasteiger partial charge in [0.1, 0.15) is 0 Å². The zero-order valence-electron chi connectivity index (χ0n) is 4.43. The fourth-order valence-corrected chi connectivity index (χ4v) is 0. The van der Waals surface area contributed by atoms with Gasteiger partial charge in [0.25, 0.3) is 0 Å². The van der Waals surface area contributed by atoms with Gasteiger partial charge >= 0.3 is 57.0 Å². The summed E-state index contributed by atoms with van der Waals surface area (Å²) in [6.07, 6.45) is 0. The van der Waals surface area contributed by atoms with E-state index in [9.17, 15) is 0 Å². The first-order valence-electron chi connectivity index (χ1n) is 0.129. The molecule has 3 nitrogen and oxygen atoms in total. The third-order valence-electron chi connectivity index (χ3n) is 0. The maximum absolute atomic E-state index is 7.88. The van der Waals surface area contributed by atoms with Crippen molar-refractivity contribution < 1.29 is 33.1 Å². The van der Waals surface area contributed by atoms with Crippen molar-refractivity contribution in [3.63, 3.8) is 0 Å². The minimum absolute atomic E-state index is 0. The number of hydrogen-bond acceptors (Lipinski definition) is 1. The van der Waals surface area contributed by atoms with Gasteiger partial charge in [0.2, 0.25) is 0 Å². The molecule has 0 aliphatic rings. The first-order valence-corrected chi connectivity index (χ1v) is 0.532. The topological polar surface area (TPSA) is 80.1 Å². The SMILES string of the molecule is O.O.[Ca+2].[H-].[H-].[O]=[Ni]. The zero-order valence-corrected chi connectivity index (χ0v) is 5.63. The molecular formula is H6CaNiO3. The van der Waals surface area contributed by atoms with Crippen molar-refractivity contribution in [3.05, 3.63) is 0 Å². The summed E-state index contributed by atoms with van der Waals surface area (Å²) in [5.41, 5.74) is 0. The van der Waals surface area contributed by atoms with Crippen LogP contribution in [0.4, 0.5) is 0 Å². The fourth-order valence-electron chi connectivity index (χ4n) is 0. The Kier molecular flexibility index (Phi) is 320. The third kappa shape index (κ3) is 30.4. The molecule has 0 atom stereocenters. The second-order valence-corrected chi connectivity index (χ2v) is 0. The monoisotopic (exact) mass is 152 g/mol. The Balaban J connectivity index is -0.000000000500. The van der Waals surface area contributed by atoms with E-state index in [1.807, 2.05) is 0 Å². The van der Waals surface area contributed by atoms with Crippen LogP contribution in [-0.2, 0) is 19.3 Å². The van der Waals surface area contributed by atoms with Gasteiger partial charge < -0.3 is 13.8 Å². The Morgan fingerprint density at radius 1 is 1.20 bits per heavy atom. The summed E-state index contributed by atoms with van der Waals surface area (Å²) in [6.45, 7) is 0. The summed E-state index contributed by atoms with van der Waals surface area (Å²) >= 11 is 2.62. The molecule has 0 saturated heterocycles. The Bertz CT molecular complexity index is 12.9. The minimum atomic E-state index is 0. The summed E-state index contributed by atoms with van der Waals surface area (Å²) in [7, 11) is 0. The van der Waals surface area contributed by atoms with Crippen LogP contribution in [0.1, 0.15) is 2.85 Å². The van der Waals surface area contributed by atoms with E-state index in [0.29, 0.717) is 0 Å². The van der Waals surface area contributed by atoms with Crippen molar-refractivity contribution in [1.29, 1.82) is 0 Å². The van der Waals surface area contributed by atoms with E-state index in [2.05, 4.69) is 15.4 Å². The van der Waals surface area contributed by atoms with Gasteiger partial charge in [-0.2, -0.15) is 0 Å². The van der Waals surface area contributed by atoms with Crippen molar-refractivity contribution in [1.82, 2.24) is 0 Å². The Morgan fingerprint density at radius 3 is 1.20 bits per heavy atom. The Labute approximate surface area is 70.3 Å². The molecule has 0 heterocycles. The second kappa shape index (κ2) is 50.5. The van der Waals surface area contributed by atoms with Crippen LogP contribution in [0.25, 0.3) is 0 Å². The van der Waals surface area contributed by atoms with Gasteiger partial charge in [-0.25, -0.2) is 0 Å². The molecule has 0 aromatic rings. The van der Waals surface area contributed by atoms with E-state index in [1.165, 1.54) is 0 Å². The molecule has 4 N–H and O–H groups in total. The molecule has 0 fully saturated rings. The van der Waals surface area contributed by atoms with E-state index in [1.54, 1.807) is 0 Å². The summed E-state index contributed by atoms with van der Waals surface area (Å²) in [6, 6.07) is 0. The first kappa shape index (κ1) is 31.7. The van der Waals surface area contributed by atoms with Crippen molar-refractivity contribution in [2.45, 2.75) is 0 Å². The molecule has 0 saturated carbocycles. The third-order valence-corrected chi connectivity index (χ3v) is 0. The van der Waals surface area contributed by atoms with Gasteiger partial charge in [-0.3, -0.25) is 0 Å². The second-order valence-electron chi connectivity index (χ2n) is 0.